The molecule has 25 heavy (non-hydrogen) atoms. The molecule has 2 rings (SSSR count). The molecule has 4 N–H and O–H groups in total. The SMILES string of the molecule is N=S(=O)(CC[C@H](N)C(=O)O)CCC1(C(F)(F)F)OCc2ccccc21. The number of carboxylic acid groups (broad SMARTS) is 1. The van der Waals surface area contributed by atoms with Crippen LogP contribution in [0.25, 0.3) is 0 Å². The highest BCUT2D eigenvalue weighted by atomic mass is 32.2. The van der Waals surface area contributed by atoms with E-state index < -0.39 is 45.7 Å². The van der Waals surface area contributed by atoms with Crippen LogP contribution in [0.2, 0.25) is 0 Å². The summed E-state index contributed by atoms with van der Waals surface area (Å²) in [7, 11) is -3.42. The standard InChI is InChI=1S/C15H19F3N2O4S/c16-15(17,18)14(11-4-2-1-3-10(11)9-24-14)6-8-25(20,23)7-5-12(19)13(21)22/h1-4,12,20H,5-9,19H2,(H,21,22)/t12-,14?,25?/m0/s1. The molecule has 6 nitrogen and oxygen atoms in total. The first-order valence-electron chi connectivity index (χ1n) is 7.50. The lowest BCUT2D eigenvalue weighted by molar-refractivity contribution is -0.281. The molecule has 0 saturated heterocycles. The highest BCUT2D eigenvalue weighted by Crippen LogP contribution is 2.50. The van der Waals surface area contributed by atoms with Crippen molar-refractivity contribution in [1.82, 2.24) is 0 Å². The number of ether oxygens (including phenoxy) is 1. The van der Waals surface area contributed by atoms with Gasteiger partial charge in [0.2, 0.25) is 0 Å². The molecule has 1 aromatic carbocycles. The fraction of sp³-hybridized carbons (Fsp3) is 0.533. The van der Waals surface area contributed by atoms with Crippen molar-refractivity contribution in [2.24, 2.45) is 5.73 Å². The monoisotopic (exact) mass is 380 g/mol. The van der Waals surface area contributed by atoms with Gasteiger partial charge >= 0.3 is 12.1 Å². The Morgan fingerprint density at radius 2 is 2.04 bits per heavy atom. The molecule has 3 atom stereocenters. The Bertz CT molecular complexity index is 751. The van der Waals surface area contributed by atoms with Gasteiger partial charge in [-0.1, -0.05) is 24.3 Å². The van der Waals surface area contributed by atoms with E-state index in [4.69, 9.17) is 20.4 Å². The maximum atomic E-state index is 13.7. The number of alkyl halides is 3. The van der Waals surface area contributed by atoms with E-state index in [0.717, 1.165) is 0 Å². The number of benzene rings is 1. The summed E-state index contributed by atoms with van der Waals surface area (Å²) in [4.78, 5) is 10.7. The van der Waals surface area contributed by atoms with Crippen LogP contribution in [0.4, 0.5) is 13.2 Å². The van der Waals surface area contributed by atoms with Gasteiger partial charge < -0.3 is 15.6 Å². The van der Waals surface area contributed by atoms with Gasteiger partial charge in [0.1, 0.15) is 6.04 Å². The summed E-state index contributed by atoms with van der Waals surface area (Å²) < 4.78 is 66.2. The van der Waals surface area contributed by atoms with Crippen molar-refractivity contribution in [3.05, 3.63) is 35.4 Å². The minimum atomic E-state index is -4.73. The lowest BCUT2D eigenvalue weighted by Crippen LogP contribution is -2.43. The summed E-state index contributed by atoms with van der Waals surface area (Å²) >= 11 is 0. The molecule has 140 valence electrons. The van der Waals surface area contributed by atoms with Gasteiger partial charge in [-0.25, -0.2) is 4.21 Å². The summed E-state index contributed by atoms with van der Waals surface area (Å²) in [5, 5.41) is 8.69. The molecule has 0 aliphatic carbocycles. The van der Waals surface area contributed by atoms with E-state index in [1.807, 2.05) is 0 Å². The molecule has 0 amide bonds. The predicted octanol–water partition coefficient (Wildman–Crippen LogP) is 2.21. The maximum Gasteiger partial charge on any atom is 0.421 e. The van der Waals surface area contributed by atoms with E-state index in [2.05, 4.69) is 0 Å². The zero-order valence-electron chi connectivity index (χ0n) is 13.2. The van der Waals surface area contributed by atoms with Gasteiger partial charge in [0.15, 0.2) is 5.60 Å². The molecular weight excluding hydrogens is 361 g/mol. The molecule has 0 fully saturated rings. The molecule has 10 heteroatoms. The molecule has 0 bridgehead atoms. The van der Waals surface area contributed by atoms with E-state index in [1.165, 1.54) is 18.2 Å². The van der Waals surface area contributed by atoms with Crippen molar-refractivity contribution in [3.63, 3.8) is 0 Å². The Kier molecular flexibility index (Phi) is 5.45. The second-order valence-corrected chi connectivity index (χ2v) is 8.41. The van der Waals surface area contributed by atoms with Gasteiger partial charge in [0, 0.05) is 27.7 Å². The third-order valence-electron chi connectivity index (χ3n) is 4.24. The minimum Gasteiger partial charge on any atom is -0.480 e. The number of hydrogen-bond donors (Lipinski definition) is 3. The number of carboxylic acids is 1. The zero-order valence-corrected chi connectivity index (χ0v) is 14.0. The summed E-state index contributed by atoms with van der Waals surface area (Å²) in [5.74, 6) is -2.25. The molecule has 1 aliphatic heterocycles. The molecule has 2 unspecified atom stereocenters. The number of carbonyl (C=O) groups is 1. The van der Waals surface area contributed by atoms with Crippen molar-refractivity contribution >= 4 is 15.7 Å². The second-order valence-electron chi connectivity index (χ2n) is 5.97. The largest absolute Gasteiger partial charge is 0.480 e. The van der Waals surface area contributed by atoms with Crippen molar-refractivity contribution in [3.8, 4) is 0 Å². The fourth-order valence-electron chi connectivity index (χ4n) is 2.75. The second kappa shape index (κ2) is 6.93. The molecule has 1 aliphatic rings. The smallest absolute Gasteiger partial charge is 0.421 e. The van der Waals surface area contributed by atoms with E-state index in [1.54, 1.807) is 6.07 Å². The van der Waals surface area contributed by atoms with Crippen LogP contribution >= 0.6 is 0 Å². The van der Waals surface area contributed by atoms with Gasteiger partial charge in [-0.15, -0.1) is 0 Å². The Morgan fingerprint density at radius 1 is 1.40 bits per heavy atom. The zero-order chi connectivity index (χ0) is 18.9. The highest BCUT2D eigenvalue weighted by molar-refractivity contribution is 7.92. The normalized spacial score (nSPS) is 23.7. The molecule has 0 aromatic heterocycles. The summed E-state index contributed by atoms with van der Waals surface area (Å²) in [6.45, 7) is -0.210. The van der Waals surface area contributed by atoms with Crippen LogP contribution in [0, 0.1) is 4.78 Å². The number of nitrogens with two attached hydrogens (primary N) is 1. The van der Waals surface area contributed by atoms with Crippen LogP contribution in [-0.4, -0.2) is 39.0 Å². The first kappa shape index (κ1) is 19.7. The maximum absolute atomic E-state index is 13.7. The van der Waals surface area contributed by atoms with E-state index in [0.29, 0.717) is 5.56 Å². The number of hydrogen-bond acceptors (Lipinski definition) is 5. The average Bonchev–Trinajstić information content (AvgIpc) is 2.91. The van der Waals surface area contributed by atoms with Crippen LogP contribution in [0.3, 0.4) is 0 Å². The quantitative estimate of drug-likeness (QED) is 0.671. The number of nitrogens with one attached hydrogen (secondary N) is 1. The van der Waals surface area contributed by atoms with Crippen LogP contribution in [0.5, 0.6) is 0 Å². The van der Waals surface area contributed by atoms with Gasteiger partial charge in [-0.3, -0.25) is 9.57 Å². The molecular formula is C15H19F3N2O4S. The average molecular weight is 380 g/mol. The minimum absolute atomic E-state index is 0.0278. The number of halogens is 3. The van der Waals surface area contributed by atoms with Gasteiger partial charge in [0.25, 0.3) is 0 Å². The number of rotatable bonds is 7. The van der Waals surface area contributed by atoms with Crippen molar-refractivity contribution in [2.75, 3.05) is 11.5 Å². The summed E-state index contributed by atoms with van der Waals surface area (Å²) in [6, 6.07) is 4.63. The van der Waals surface area contributed by atoms with Crippen LogP contribution in [0.1, 0.15) is 24.0 Å². The third-order valence-corrected chi connectivity index (χ3v) is 6.00. The lowest BCUT2D eigenvalue weighted by Gasteiger charge is -2.32. The Labute approximate surface area is 143 Å². The van der Waals surface area contributed by atoms with Crippen LogP contribution < -0.4 is 5.73 Å². The Hall–Kier alpha value is -1.65. The van der Waals surface area contributed by atoms with Crippen molar-refractivity contribution < 1.29 is 32.0 Å². The van der Waals surface area contributed by atoms with Crippen molar-refractivity contribution in [1.29, 1.82) is 4.78 Å². The predicted molar refractivity (Wildman–Crippen MR) is 84.4 cm³/mol. The number of aliphatic carboxylic acids is 1. The lowest BCUT2D eigenvalue weighted by atomic mass is 9.89. The van der Waals surface area contributed by atoms with Crippen molar-refractivity contribution in [2.45, 2.75) is 37.3 Å². The van der Waals surface area contributed by atoms with Gasteiger partial charge in [-0.2, -0.15) is 13.2 Å². The number of fused-ring (bicyclic) bond motifs is 1. The van der Waals surface area contributed by atoms with E-state index >= 15 is 0 Å². The molecule has 0 saturated carbocycles. The van der Waals surface area contributed by atoms with Gasteiger partial charge in [-0.05, 0) is 17.5 Å². The van der Waals surface area contributed by atoms with E-state index in [9.17, 15) is 22.2 Å². The first-order chi connectivity index (χ1) is 11.5. The molecule has 1 heterocycles. The first-order valence-corrected chi connectivity index (χ1v) is 9.40. The highest BCUT2D eigenvalue weighted by Gasteiger charge is 2.60. The fourth-order valence-corrected chi connectivity index (χ4v) is 4.21. The topological polar surface area (TPSA) is 113 Å². The Balaban J connectivity index is 2.17. The molecule has 0 radical (unpaired) electrons. The summed E-state index contributed by atoms with van der Waals surface area (Å²) in [6.07, 6.45) is -5.64. The molecule has 1 aromatic rings. The summed E-state index contributed by atoms with van der Waals surface area (Å²) in [5.41, 5.74) is 3.07. The van der Waals surface area contributed by atoms with Crippen LogP contribution in [-0.2, 0) is 31.5 Å². The van der Waals surface area contributed by atoms with Gasteiger partial charge in [0.05, 0.1) is 6.61 Å². The Morgan fingerprint density at radius 3 is 2.64 bits per heavy atom. The van der Waals surface area contributed by atoms with E-state index in [-0.39, 0.29) is 24.3 Å². The third kappa shape index (κ3) is 4.13. The molecule has 0 spiro atoms. The van der Waals surface area contributed by atoms with Crippen LogP contribution in [0.15, 0.2) is 24.3 Å².